The summed E-state index contributed by atoms with van der Waals surface area (Å²) in [6.45, 7) is 5.99. The van der Waals surface area contributed by atoms with Crippen LogP contribution in [0.3, 0.4) is 0 Å². The molecule has 0 atom stereocenters. The van der Waals surface area contributed by atoms with Crippen LogP contribution in [0.4, 0.5) is 0 Å². The Hall–Kier alpha value is -2.14. The first-order chi connectivity index (χ1) is 10.1. The molecule has 0 bridgehead atoms. The van der Waals surface area contributed by atoms with Crippen molar-refractivity contribution in [1.29, 1.82) is 0 Å². The van der Waals surface area contributed by atoms with Crippen molar-refractivity contribution in [2.75, 3.05) is 6.61 Å². The molecule has 2 aromatic rings. The standard InChI is InChI=1S/C16H18N2O2S/c1-11-4-5-14(8-13(11)3)20-10-16(19)18-17-9-15-12(2)6-7-21-15/h4-9H,10H2,1-3H3,(H,18,19)/b17-9+. The van der Waals surface area contributed by atoms with Crippen molar-refractivity contribution in [2.45, 2.75) is 20.8 Å². The quantitative estimate of drug-likeness (QED) is 0.681. The molecule has 0 aliphatic rings. The van der Waals surface area contributed by atoms with Gasteiger partial charge in [-0.1, -0.05) is 6.07 Å². The fraction of sp³-hybridized carbons (Fsp3) is 0.250. The van der Waals surface area contributed by atoms with Crippen molar-refractivity contribution in [3.05, 3.63) is 51.2 Å². The van der Waals surface area contributed by atoms with Crippen LogP contribution in [0.15, 0.2) is 34.7 Å². The third-order valence-electron chi connectivity index (χ3n) is 3.12. The fourth-order valence-corrected chi connectivity index (χ4v) is 2.45. The summed E-state index contributed by atoms with van der Waals surface area (Å²) < 4.78 is 5.43. The molecule has 4 nitrogen and oxygen atoms in total. The number of nitrogens with one attached hydrogen (secondary N) is 1. The molecule has 1 N–H and O–H groups in total. The maximum Gasteiger partial charge on any atom is 0.277 e. The number of rotatable bonds is 5. The largest absolute Gasteiger partial charge is 0.484 e. The predicted molar refractivity (Wildman–Crippen MR) is 86.2 cm³/mol. The molecule has 0 radical (unpaired) electrons. The SMILES string of the molecule is Cc1ccc(OCC(=O)N/N=C/c2sccc2C)cc1C. The van der Waals surface area contributed by atoms with Gasteiger partial charge in [-0.2, -0.15) is 5.10 Å². The zero-order valence-corrected chi connectivity index (χ0v) is 13.2. The highest BCUT2D eigenvalue weighted by Gasteiger charge is 2.03. The van der Waals surface area contributed by atoms with Crippen molar-refractivity contribution < 1.29 is 9.53 Å². The molecule has 2 rings (SSSR count). The van der Waals surface area contributed by atoms with Crippen molar-refractivity contribution in [3.63, 3.8) is 0 Å². The van der Waals surface area contributed by atoms with Crippen molar-refractivity contribution in [1.82, 2.24) is 5.43 Å². The third kappa shape index (κ3) is 4.43. The Morgan fingerprint density at radius 2 is 2.05 bits per heavy atom. The van der Waals surface area contributed by atoms with Gasteiger partial charge < -0.3 is 4.74 Å². The third-order valence-corrected chi connectivity index (χ3v) is 4.07. The molecule has 0 saturated heterocycles. The van der Waals surface area contributed by atoms with E-state index in [1.165, 1.54) is 5.56 Å². The molecule has 1 aromatic heterocycles. The number of nitrogens with zero attached hydrogens (tertiary/aromatic N) is 1. The van der Waals surface area contributed by atoms with E-state index in [9.17, 15) is 4.79 Å². The lowest BCUT2D eigenvalue weighted by molar-refractivity contribution is -0.123. The molecule has 0 saturated carbocycles. The van der Waals surface area contributed by atoms with Gasteiger partial charge in [-0.15, -0.1) is 11.3 Å². The normalized spacial score (nSPS) is 10.8. The van der Waals surface area contributed by atoms with Crippen molar-refractivity contribution >= 4 is 23.5 Å². The number of carbonyl (C=O) groups is 1. The topological polar surface area (TPSA) is 50.7 Å². The molecule has 21 heavy (non-hydrogen) atoms. The van der Waals surface area contributed by atoms with E-state index in [1.807, 2.05) is 50.4 Å². The second-order valence-electron chi connectivity index (χ2n) is 4.80. The molecular formula is C16H18N2O2S. The maximum absolute atomic E-state index is 11.6. The highest BCUT2D eigenvalue weighted by Crippen LogP contribution is 2.16. The van der Waals surface area contributed by atoms with Gasteiger partial charge in [0.15, 0.2) is 6.61 Å². The monoisotopic (exact) mass is 302 g/mol. The van der Waals surface area contributed by atoms with E-state index >= 15 is 0 Å². The number of hydrogen-bond acceptors (Lipinski definition) is 4. The van der Waals surface area contributed by atoms with Gasteiger partial charge in [0.05, 0.1) is 6.21 Å². The first kappa shape index (κ1) is 15.3. The number of hydrogen-bond donors (Lipinski definition) is 1. The minimum atomic E-state index is -0.279. The van der Waals surface area contributed by atoms with Crippen LogP contribution in [0.5, 0.6) is 5.75 Å². The molecular weight excluding hydrogens is 284 g/mol. The molecule has 0 aliphatic carbocycles. The molecule has 0 spiro atoms. The highest BCUT2D eigenvalue weighted by atomic mass is 32.1. The van der Waals surface area contributed by atoms with E-state index in [0.29, 0.717) is 5.75 Å². The minimum Gasteiger partial charge on any atom is -0.484 e. The van der Waals surface area contributed by atoms with Gasteiger partial charge in [0.25, 0.3) is 5.91 Å². The average Bonchev–Trinajstić information content (AvgIpc) is 2.86. The summed E-state index contributed by atoms with van der Waals surface area (Å²) in [6.07, 6.45) is 1.65. The van der Waals surface area contributed by atoms with Crippen molar-refractivity contribution in [3.8, 4) is 5.75 Å². The highest BCUT2D eigenvalue weighted by molar-refractivity contribution is 7.11. The summed E-state index contributed by atoms with van der Waals surface area (Å²) in [5, 5.41) is 5.91. The Morgan fingerprint density at radius 1 is 1.24 bits per heavy atom. The van der Waals surface area contributed by atoms with E-state index in [-0.39, 0.29) is 12.5 Å². The number of thiophene rings is 1. The zero-order valence-electron chi connectivity index (χ0n) is 12.3. The Morgan fingerprint density at radius 3 is 2.71 bits per heavy atom. The fourth-order valence-electron chi connectivity index (χ4n) is 1.66. The van der Waals surface area contributed by atoms with Crippen molar-refractivity contribution in [2.24, 2.45) is 5.10 Å². The number of hydrazone groups is 1. The summed E-state index contributed by atoms with van der Waals surface area (Å²) >= 11 is 1.58. The lowest BCUT2D eigenvalue weighted by Crippen LogP contribution is -2.24. The van der Waals surface area contributed by atoms with Crippen LogP contribution in [-0.2, 0) is 4.79 Å². The van der Waals surface area contributed by atoms with Crippen LogP contribution in [0.25, 0.3) is 0 Å². The van der Waals surface area contributed by atoms with E-state index in [1.54, 1.807) is 17.6 Å². The Labute approximate surface area is 128 Å². The van der Waals surface area contributed by atoms with Gasteiger partial charge >= 0.3 is 0 Å². The van der Waals surface area contributed by atoms with Gasteiger partial charge in [-0.05, 0) is 61.0 Å². The molecule has 0 unspecified atom stereocenters. The maximum atomic E-state index is 11.6. The Kier molecular flexibility index (Phi) is 5.11. The lowest BCUT2D eigenvalue weighted by atomic mass is 10.1. The average molecular weight is 302 g/mol. The summed E-state index contributed by atoms with van der Waals surface area (Å²) in [6, 6.07) is 7.76. The zero-order chi connectivity index (χ0) is 15.2. The van der Waals surface area contributed by atoms with Gasteiger partial charge in [0.2, 0.25) is 0 Å². The second-order valence-corrected chi connectivity index (χ2v) is 5.74. The van der Waals surface area contributed by atoms with Gasteiger partial charge in [0.1, 0.15) is 5.75 Å². The summed E-state index contributed by atoms with van der Waals surface area (Å²) in [5.74, 6) is 0.407. The van der Waals surface area contributed by atoms with E-state index in [0.717, 1.165) is 16.0 Å². The van der Waals surface area contributed by atoms with E-state index < -0.39 is 0 Å². The van der Waals surface area contributed by atoms with Crippen LogP contribution < -0.4 is 10.2 Å². The number of ether oxygens (including phenoxy) is 1. The molecule has 1 heterocycles. The van der Waals surface area contributed by atoms with E-state index in [2.05, 4.69) is 10.5 Å². The number of aryl methyl sites for hydroxylation is 3. The smallest absolute Gasteiger partial charge is 0.277 e. The van der Waals surface area contributed by atoms with Crippen LogP contribution in [0, 0.1) is 20.8 Å². The van der Waals surface area contributed by atoms with Crippen LogP contribution in [0.2, 0.25) is 0 Å². The summed E-state index contributed by atoms with van der Waals surface area (Å²) in [5.41, 5.74) is 5.93. The lowest BCUT2D eigenvalue weighted by Gasteiger charge is -2.07. The van der Waals surface area contributed by atoms with Gasteiger partial charge in [-0.25, -0.2) is 5.43 Å². The molecule has 0 aliphatic heterocycles. The Balaban J connectivity index is 1.81. The minimum absolute atomic E-state index is 0.0523. The first-order valence-electron chi connectivity index (χ1n) is 6.62. The summed E-state index contributed by atoms with van der Waals surface area (Å²) in [7, 11) is 0. The van der Waals surface area contributed by atoms with Crippen LogP contribution >= 0.6 is 11.3 Å². The predicted octanol–water partition coefficient (Wildman–Crippen LogP) is 3.20. The van der Waals surface area contributed by atoms with Gasteiger partial charge in [0, 0.05) is 4.88 Å². The molecule has 0 fully saturated rings. The molecule has 1 amide bonds. The number of amides is 1. The van der Waals surface area contributed by atoms with Crippen LogP contribution in [-0.4, -0.2) is 18.7 Å². The van der Waals surface area contributed by atoms with Crippen LogP contribution in [0.1, 0.15) is 21.6 Å². The van der Waals surface area contributed by atoms with Gasteiger partial charge in [-0.3, -0.25) is 4.79 Å². The molecule has 110 valence electrons. The number of benzene rings is 1. The Bertz CT molecular complexity index is 662. The number of carbonyl (C=O) groups excluding carboxylic acids is 1. The first-order valence-corrected chi connectivity index (χ1v) is 7.50. The molecule has 5 heteroatoms. The second kappa shape index (κ2) is 7.04. The molecule has 1 aromatic carbocycles. The van der Waals surface area contributed by atoms with E-state index in [4.69, 9.17) is 4.74 Å². The summed E-state index contributed by atoms with van der Waals surface area (Å²) in [4.78, 5) is 12.7.